The second-order valence-corrected chi connectivity index (χ2v) is 11.7. The van der Waals surface area contributed by atoms with Crippen LogP contribution in [0.4, 0.5) is 0 Å². The van der Waals surface area contributed by atoms with E-state index in [0.29, 0.717) is 17.2 Å². The van der Waals surface area contributed by atoms with Gasteiger partial charge in [0.05, 0.1) is 18.1 Å². The molecule has 0 aromatic heterocycles. The lowest BCUT2D eigenvalue weighted by molar-refractivity contribution is 0.318. The Morgan fingerprint density at radius 1 is 0.875 bits per heavy atom. The van der Waals surface area contributed by atoms with Crippen LogP contribution in [0.1, 0.15) is 13.3 Å². The Morgan fingerprint density at radius 3 is 1.58 bits per heavy atom. The Labute approximate surface area is 142 Å². The van der Waals surface area contributed by atoms with Crippen LogP contribution in [0.25, 0.3) is 0 Å². The monoisotopic (exact) mass is 428 g/mol. The predicted molar refractivity (Wildman–Crippen MR) is 89.5 cm³/mol. The molecular weight excluding hydrogens is 408 g/mol. The number of hydrogen-bond acceptors (Lipinski definition) is 9. The van der Waals surface area contributed by atoms with Crippen LogP contribution in [0.5, 0.6) is 0 Å². The smallest absolute Gasteiger partial charge is 0.268 e. The molecule has 10 nitrogen and oxygen atoms in total. The molecule has 0 aromatic carbocycles. The van der Waals surface area contributed by atoms with Crippen molar-refractivity contribution in [2.24, 2.45) is 0 Å². The van der Waals surface area contributed by atoms with Crippen LogP contribution in [0.3, 0.4) is 0 Å². The van der Waals surface area contributed by atoms with E-state index in [1.54, 1.807) is 6.92 Å². The third kappa shape index (κ3) is 16.1. The van der Waals surface area contributed by atoms with Crippen LogP contribution in [0.15, 0.2) is 24.0 Å². The van der Waals surface area contributed by atoms with E-state index in [1.165, 1.54) is 0 Å². The average molecular weight is 429 g/mol. The third-order valence-corrected chi connectivity index (χ3v) is 7.75. The molecule has 0 aliphatic rings. The van der Waals surface area contributed by atoms with Crippen LogP contribution < -0.4 is 0 Å². The fourth-order valence-electron chi connectivity index (χ4n) is 0.802. The normalized spacial score (nSPS) is 12.8. The molecular formula is C10H20O10S4. The van der Waals surface area contributed by atoms with E-state index in [2.05, 4.69) is 17.3 Å². The fraction of sp³-hybridized carbons (Fsp3) is 0.600. The first-order chi connectivity index (χ1) is 10.6. The lowest BCUT2D eigenvalue weighted by atomic mass is 10.5. The summed E-state index contributed by atoms with van der Waals surface area (Å²) < 4.78 is 97.2. The van der Waals surface area contributed by atoms with Gasteiger partial charge in [-0.1, -0.05) is 20.1 Å². The second kappa shape index (κ2) is 10.2. The summed E-state index contributed by atoms with van der Waals surface area (Å²) in [4.78, 5) is 0. The molecule has 1 N–H and O–H groups in total. The highest BCUT2D eigenvalue weighted by Crippen LogP contribution is 1.99. The van der Waals surface area contributed by atoms with Crippen molar-refractivity contribution in [1.82, 2.24) is 0 Å². The zero-order chi connectivity index (χ0) is 19.7. The molecule has 24 heavy (non-hydrogen) atoms. The van der Waals surface area contributed by atoms with E-state index in [9.17, 15) is 33.7 Å². The minimum Gasteiger partial charge on any atom is -0.286 e. The quantitative estimate of drug-likeness (QED) is 0.360. The third-order valence-electron chi connectivity index (χ3n) is 1.89. The summed E-state index contributed by atoms with van der Waals surface area (Å²) in [6.07, 6.45) is 0.519. The molecule has 0 spiro atoms. The standard InChI is InChI=1S/C5H12O6S2.C5H8O4S2/c1-2-3-11-13(9,10)5-4-12(6,7)8;1-3-10(6,7)5-11(8,9)4-2/h2-5H2,1H3,(H,6,7,8);3-4H,1-2,5H2. The van der Waals surface area contributed by atoms with Crippen LogP contribution in [-0.2, 0) is 44.1 Å². The highest BCUT2D eigenvalue weighted by molar-refractivity contribution is 8.10. The summed E-state index contributed by atoms with van der Waals surface area (Å²) in [5, 5.41) is 0.259. The zero-order valence-corrected chi connectivity index (χ0v) is 16.1. The average Bonchev–Trinajstić information content (AvgIpc) is 2.42. The first-order valence-electron chi connectivity index (χ1n) is 6.12. The molecule has 0 radical (unpaired) electrons. The summed E-state index contributed by atoms with van der Waals surface area (Å²) >= 11 is 0. The van der Waals surface area contributed by atoms with Crippen molar-refractivity contribution in [3.8, 4) is 0 Å². The van der Waals surface area contributed by atoms with E-state index in [4.69, 9.17) is 4.55 Å². The van der Waals surface area contributed by atoms with Gasteiger partial charge in [-0.25, -0.2) is 16.8 Å². The van der Waals surface area contributed by atoms with Crippen LogP contribution in [-0.4, -0.2) is 61.4 Å². The predicted octanol–water partition coefficient (Wildman–Crippen LogP) is -0.309. The largest absolute Gasteiger partial charge is 0.286 e. The topological polar surface area (TPSA) is 166 Å². The molecule has 0 heterocycles. The van der Waals surface area contributed by atoms with Crippen LogP contribution >= 0.6 is 0 Å². The molecule has 0 rings (SSSR count). The van der Waals surface area contributed by atoms with Gasteiger partial charge in [0.15, 0.2) is 24.8 Å². The van der Waals surface area contributed by atoms with Crippen molar-refractivity contribution in [1.29, 1.82) is 0 Å². The maximum absolute atomic E-state index is 10.8. The summed E-state index contributed by atoms with van der Waals surface area (Å²) in [7, 11) is -15.4. The highest BCUT2D eigenvalue weighted by Gasteiger charge is 2.16. The van der Waals surface area contributed by atoms with Gasteiger partial charge in [-0.05, 0) is 6.42 Å². The van der Waals surface area contributed by atoms with Crippen molar-refractivity contribution in [3.63, 3.8) is 0 Å². The Hall–Kier alpha value is -0.800. The molecule has 14 heteroatoms. The lowest BCUT2D eigenvalue weighted by Gasteiger charge is -2.02. The van der Waals surface area contributed by atoms with Crippen molar-refractivity contribution < 1.29 is 42.4 Å². The van der Waals surface area contributed by atoms with Gasteiger partial charge in [-0.15, -0.1) is 0 Å². The highest BCUT2D eigenvalue weighted by atomic mass is 32.3. The number of sulfone groups is 2. The minimum absolute atomic E-state index is 0.0216. The molecule has 0 amide bonds. The molecule has 0 atom stereocenters. The van der Waals surface area contributed by atoms with Gasteiger partial charge in [0.1, 0.15) is 0 Å². The van der Waals surface area contributed by atoms with Gasteiger partial charge in [-0.3, -0.25) is 8.74 Å². The van der Waals surface area contributed by atoms with Crippen molar-refractivity contribution in [2.45, 2.75) is 13.3 Å². The summed E-state index contributed by atoms with van der Waals surface area (Å²) in [5.74, 6) is -1.55. The second-order valence-electron chi connectivity index (χ2n) is 4.15. The van der Waals surface area contributed by atoms with Crippen molar-refractivity contribution in [2.75, 3.05) is 23.2 Å². The summed E-state index contributed by atoms with van der Waals surface area (Å²) in [5.41, 5.74) is 0. The first-order valence-corrected chi connectivity index (χ1v) is 12.7. The van der Waals surface area contributed by atoms with Gasteiger partial charge in [0, 0.05) is 10.8 Å². The lowest BCUT2D eigenvalue weighted by Crippen LogP contribution is -2.18. The maximum Gasteiger partial charge on any atom is 0.268 e. The molecule has 0 aliphatic heterocycles. The Morgan fingerprint density at radius 2 is 1.29 bits per heavy atom. The SMILES string of the molecule is C=CS(=O)(=O)CS(=O)(=O)C=C.CCCOS(=O)(=O)CCS(=O)(=O)O. The Balaban J connectivity index is 0. The molecule has 0 saturated carbocycles. The fourth-order valence-corrected chi connectivity index (χ4v) is 5.60. The summed E-state index contributed by atoms with van der Waals surface area (Å²) in [6, 6.07) is 0. The van der Waals surface area contributed by atoms with Crippen molar-refractivity contribution in [3.05, 3.63) is 24.0 Å². The van der Waals surface area contributed by atoms with Gasteiger partial charge in [-0.2, -0.15) is 16.8 Å². The molecule has 0 saturated heterocycles. The number of rotatable bonds is 10. The van der Waals surface area contributed by atoms with Gasteiger partial charge < -0.3 is 0 Å². The van der Waals surface area contributed by atoms with E-state index in [1.807, 2.05) is 0 Å². The molecule has 0 unspecified atom stereocenters. The van der Waals surface area contributed by atoms with E-state index in [-0.39, 0.29) is 6.61 Å². The molecule has 144 valence electrons. The van der Waals surface area contributed by atoms with Crippen molar-refractivity contribution >= 4 is 39.9 Å². The molecule has 0 bridgehead atoms. The van der Waals surface area contributed by atoms with Crippen LogP contribution in [0.2, 0.25) is 0 Å². The maximum atomic E-state index is 10.8. The van der Waals surface area contributed by atoms with E-state index in [0.717, 1.165) is 0 Å². The Kier molecular flexibility index (Phi) is 10.9. The van der Waals surface area contributed by atoms with Gasteiger partial charge in [0.2, 0.25) is 0 Å². The molecule has 0 fully saturated rings. The molecule has 0 aliphatic carbocycles. The Bertz CT molecular complexity index is 780. The zero-order valence-electron chi connectivity index (χ0n) is 12.9. The molecule has 0 aromatic rings. The minimum atomic E-state index is -4.24. The van der Waals surface area contributed by atoms with E-state index < -0.39 is 56.5 Å². The van der Waals surface area contributed by atoms with Crippen LogP contribution in [0, 0.1) is 0 Å². The van der Waals surface area contributed by atoms with Gasteiger partial charge in [0.25, 0.3) is 20.2 Å². The van der Waals surface area contributed by atoms with Gasteiger partial charge >= 0.3 is 0 Å². The summed E-state index contributed by atoms with van der Waals surface area (Å²) in [6.45, 7) is 7.67. The number of hydrogen-bond donors (Lipinski definition) is 1. The first kappa shape index (κ1) is 25.4. The van der Waals surface area contributed by atoms with E-state index >= 15 is 0 Å².